The quantitative estimate of drug-likeness (QED) is 0.0975. The molecule has 0 saturated heterocycles. The van der Waals surface area contributed by atoms with Crippen molar-refractivity contribution in [1.82, 2.24) is 20.9 Å². The molecule has 1 heterocycles. The molecule has 2 aromatic carbocycles. The first-order valence-corrected chi connectivity index (χ1v) is 14.1. The zero-order valence-electron chi connectivity index (χ0n) is 23.8. The molecule has 0 radical (unpaired) electrons. The van der Waals surface area contributed by atoms with Crippen molar-refractivity contribution in [1.29, 1.82) is 0 Å². The second-order valence-electron chi connectivity index (χ2n) is 10.3. The number of benzene rings is 2. The van der Waals surface area contributed by atoms with Gasteiger partial charge in [0.2, 0.25) is 23.6 Å². The summed E-state index contributed by atoms with van der Waals surface area (Å²) in [6.45, 7) is 0.350. The van der Waals surface area contributed by atoms with Crippen molar-refractivity contribution < 1.29 is 29.1 Å². The van der Waals surface area contributed by atoms with Crippen LogP contribution in [-0.4, -0.2) is 70.4 Å². The Morgan fingerprint density at radius 3 is 2.09 bits per heavy atom. The van der Waals surface area contributed by atoms with Crippen molar-refractivity contribution in [2.45, 2.75) is 62.7 Å². The van der Waals surface area contributed by atoms with Crippen LogP contribution in [0, 0.1) is 0 Å². The highest BCUT2D eigenvalue weighted by Crippen LogP contribution is 2.19. The Labute approximate surface area is 248 Å². The van der Waals surface area contributed by atoms with Crippen LogP contribution in [0.3, 0.4) is 0 Å². The minimum atomic E-state index is -1.57. The summed E-state index contributed by atoms with van der Waals surface area (Å²) in [6.07, 6.45) is 2.64. The highest BCUT2D eigenvalue weighted by molar-refractivity contribution is 5.95. The Balaban J connectivity index is 1.77. The zero-order chi connectivity index (χ0) is 31.4. The van der Waals surface area contributed by atoms with Crippen LogP contribution in [-0.2, 0) is 36.8 Å². The van der Waals surface area contributed by atoms with Crippen LogP contribution in [0.5, 0.6) is 0 Å². The third-order valence-electron chi connectivity index (χ3n) is 6.97. The van der Waals surface area contributed by atoms with E-state index in [4.69, 9.17) is 17.2 Å². The fourth-order valence-electron chi connectivity index (χ4n) is 4.68. The molecule has 0 aliphatic carbocycles. The first-order valence-electron chi connectivity index (χ1n) is 14.1. The second-order valence-corrected chi connectivity index (χ2v) is 10.3. The molecule has 0 spiro atoms. The first kappa shape index (κ1) is 32.8. The molecule has 0 aliphatic heterocycles. The largest absolute Gasteiger partial charge is 0.480 e. The SMILES string of the molecule is NCCCCC(NC(=O)C(Cc1ccccc1)NC(=O)C(N)Cc1c[nH]c2ccccc12)C(=O)NC(CC(N)=O)C(=O)O. The number of nitrogens with one attached hydrogen (secondary N) is 4. The number of nitrogens with two attached hydrogens (primary N) is 3. The van der Waals surface area contributed by atoms with Gasteiger partial charge in [-0.3, -0.25) is 19.2 Å². The second kappa shape index (κ2) is 16.0. The Kier molecular flexibility index (Phi) is 12.2. The van der Waals surface area contributed by atoms with Gasteiger partial charge in [-0.1, -0.05) is 48.5 Å². The van der Waals surface area contributed by atoms with Gasteiger partial charge in [0.15, 0.2) is 0 Å². The molecule has 3 aromatic rings. The highest BCUT2D eigenvalue weighted by atomic mass is 16.4. The van der Waals surface area contributed by atoms with E-state index in [1.807, 2.05) is 30.3 Å². The summed E-state index contributed by atoms with van der Waals surface area (Å²) in [5.41, 5.74) is 19.5. The topological polar surface area (TPSA) is 236 Å². The van der Waals surface area contributed by atoms with E-state index >= 15 is 0 Å². The number of amides is 4. The summed E-state index contributed by atoms with van der Waals surface area (Å²) in [5, 5.41) is 18.0. The average molecular weight is 594 g/mol. The Morgan fingerprint density at radius 1 is 0.791 bits per heavy atom. The van der Waals surface area contributed by atoms with Crippen LogP contribution in [0.15, 0.2) is 60.8 Å². The van der Waals surface area contributed by atoms with Crippen LogP contribution < -0.4 is 33.2 Å². The van der Waals surface area contributed by atoms with Crippen LogP contribution in [0.1, 0.15) is 36.8 Å². The molecule has 0 fully saturated rings. The normalized spacial score (nSPS) is 13.8. The molecule has 0 aliphatic rings. The van der Waals surface area contributed by atoms with Crippen LogP contribution >= 0.6 is 0 Å². The number of aromatic nitrogens is 1. The van der Waals surface area contributed by atoms with Gasteiger partial charge in [-0.05, 0) is 49.4 Å². The van der Waals surface area contributed by atoms with Crippen molar-refractivity contribution in [3.63, 3.8) is 0 Å². The van der Waals surface area contributed by atoms with Crippen molar-refractivity contribution >= 4 is 40.5 Å². The van der Waals surface area contributed by atoms with E-state index in [-0.39, 0.29) is 19.3 Å². The standard InChI is InChI=1S/C30H39N7O6/c31-13-7-6-12-23(28(40)37-25(30(42)43)16-26(33)38)35-29(41)24(14-18-8-2-1-3-9-18)36-27(39)21(32)15-19-17-34-22-11-5-4-10-20(19)22/h1-5,8-11,17,21,23-25,34H,6-7,12-16,31-32H2,(H2,33,38)(H,35,41)(H,36,39)(H,37,40)(H,42,43). The number of carboxylic acids is 1. The number of rotatable bonds is 17. The number of hydrogen-bond donors (Lipinski definition) is 8. The molecule has 230 valence electrons. The van der Waals surface area contributed by atoms with Gasteiger partial charge in [0.05, 0.1) is 12.5 Å². The van der Waals surface area contributed by atoms with Crippen molar-refractivity contribution in [2.75, 3.05) is 6.54 Å². The Bertz CT molecular complexity index is 1410. The maximum Gasteiger partial charge on any atom is 0.326 e. The minimum Gasteiger partial charge on any atom is -0.480 e. The van der Waals surface area contributed by atoms with Crippen molar-refractivity contribution in [3.8, 4) is 0 Å². The molecule has 4 atom stereocenters. The maximum absolute atomic E-state index is 13.6. The molecular weight excluding hydrogens is 554 g/mol. The third kappa shape index (κ3) is 9.94. The lowest BCUT2D eigenvalue weighted by atomic mass is 10.0. The maximum atomic E-state index is 13.6. The molecule has 11 N–H and O–H groups in total. The number of aromatic amines is 1. The lowest BCUT2D eigenvalue weighted by Gasteiger charge is -2.25. The molecule has 0 saturated carbocycles. The van der Waals surface area contributed by atoms with Gasteiger partial charge < -0.3 is 43.2 Å². The van der Waals surface area contributed by atoms with Gasteiger partial charge >= 0.3 is 5.97 Å². The molecule has 4 amide bonds. The van der Waals surface area contributed by atoms with Gasteiger partial charge in [-0.25, -0.2) is 4.79 Å². The smallest absolute Gasteiger partial charge is 0.326 e. The van der Waals surface area contributed by atoms with Gasteiger partial charge in [-0.2, -0.15) is 0 Å². The first-order chi connectivity index (χ1) is 20.6. The van der Waals surface area contributed by atoms with E-state index in [1.54, 1.807) is 30.5 Å². The van der Waals surface area contributed by atoms with Crippen molar-refractivity contribution in [2.24, 2.45) is 17.2 Å². The van der Waals surface area contributed by atoms with Crippen LogP contribution in [0.4, 0.5) is 0 Å². The molecule has 4 unspecified atom stereocenters. The van der Waals surface area contributed by atoms with E-state index in [0.717, 1.165) is 22.0 Å². The van der Waals surface area contributed by atoms with Gasteiger partial charge in [0.1, 0.15) is 18.1 Å². The van der Waals surface area contributed by atoms with Gasteiger partial charge in [-0.15, -0.1) is 0 Å². The molecule has 43 heavy (non-hydrogen) atoms. The number of primary amides is 1. The molecule has 3 rings (SSSR count). The average Bonchev–Trinajstić information content (AvgIpc) is 3.38. The van der Waals surface area contributed by atoms with E-state index < -0.39 is 60.2 Å². The fourth-order valence-corrected chi connectivity index (χ4v) is 4.68. The number of unbranched alkanes of at least 4 members (excludes halogenated alkanes) is 1. The number of carbonyl (C=O) groups excluding carboxylic acids is 4. The monoisotopic (exact) mass is 593 g/mol. The number of carboxylic acid groups (broad SMARTS) is 1. The minimum absolute atomic E-state index is 0.106. The number of H-pyrrole nitrogens is 1. The zero-order valence-corrected chi connectivity index (χ0v) is 23.8. The molecule has 1 aromatic heterocycles. The van der Waals surface area contributed by atoms with E-state index in [2.05, 4.69) is 20.9 Å². The number of hydrogen-bond acceptors (Lipinski definition) is 7. The summed E-state index contributed by atoms with van der Waals surface area (Å²) in [7, 11) is 0. The van der Waals surface area contributed by atoms with Crippen LogP contribution in [0.25, 0.3) is 10.9 Å². The number of para-hydroxylation sites is 1. The van der Waals surface area contributed by atoms with Crippen molar-refractivity contribution in [3.05, 3.63) is 71.9 Å². The highest BCUT2D eigenvalue weighted by Gasteiger charge is 2.31. The summed E-state index contributed by atoms with van der Waals surface area (Å²) in [5.74, 6) is -4.38. The molecular formula is C30H39N7O6. The molecule has 13 nitrogen and oxygen atoms in total. The lowest BCUT2D eigenvalue weighted by molar-refractivity contribution is -0.143. The van der Waals surface area contributed by atoms with Gasteiger partial charge in [0.25, 0.3) is 0 Å². The summed E-state index contributed by atoms with van der Waals surface area (Å²) in [6, 6.07) is 11.8. The summed E-state index contributed by atoms with van der Waals surface area (Å²) < 4.78 is 0. The third-order valence-corrected chi connectivity index (χ3v) is 6.97. The van der Waals surface area contributed by atoms with E-state index in [1.165, 1.54) is 0 Å². The van der Waals surface area contributed by atoms with E-state index in [0.29, 0.717) is 19.4 Å². The predicted octanol–water partition coefficient (Wildman–Crippen LogP) is -0.176. The lowest BCUT2D eigenvalue weighted by Crippen LogP contribution is -2.58. The Morgan fingerprint density at radius 2 is 1.42 bits per heavy atom. The summed E-state index contributed by atoms with van der Waals surface area (Å²) in [4.78, 5) is 65.9. The van der Waals surface area contributed by atoms with Gasteiger partial charge in [0, 0.05) is 23.5 Å². The molecule has 0 bridgehead atoms. The summed E-state index contributed by atoms with van der Waals surface area (Å²) >= 11 is 0. The number of carbonyl (C=O) groups is 5. The number of aliphatic carboxylic acids is 1. The fraction of sp³-hybridized carbons (Fsp3) is 0.367. The van der Waals surface area contributed by atoms with Crippen LogP contribution in [0.2, 0.25) is 0 Å². The molecule has 13 heteroatoms. The van der Waals surface area contributed by atoms with E-state index in [9.17, 15) is 29.1 Å². The Hall–Kier alpha value is -4.75. The number of fused-ring (bicyclic) bond motifs is 1. The predicted molar refractivity (Wildman–Crippen MR) is 160 cm³/mol.